The number of nitrogens with one attached hydrogen (secondary N) is 1. The number of phosphoric ester groups is 1. The molecule has 0 aromatic rings. The second-order valence-corrected chi connectivity index (χ2v) is 8.46. The average molecular weight is 477 g/mol. The summed E-state index contributed by atoms with van der Waals surface area (Å²) in [6.45, 7) is -0.496. The molecule has 0 spiro atoms. The summed E-state index contributed by atoms with van der Waals surface area (Å²) in [5.74, 6) is -0.679. The molecule has 31 heavy (non-hydrogen) atoms. The molecule has 16 heteroatoms. The number of aliphatic hydroxyl groups excluding tert-OH is 6. The van der Waals surface area contributed by atoms with Gasteiger partial charge in [0, 0.05) is 14.0 Å². The Hall–Kier alpha value is -0.780. The number of rotatable bonds is 8. The van der Waals surface area contributed by atoms with E-state index < -0.39 is 88.3 Å². The van der Waals surface area contributed by atoms with E-state index in [1.807, 2.05) is 0 Å². The molecule has 1 unspecified atom stereocenters. The SMILES string of the molecule is CO[C@H]1O[C@H](COP(=O)(O)O[C@H]2O[C@H](CO)[C@@H](O)[C@H](O)[C@H]2NC(C)=O)[C@@H](O)[C@H](O)[C@@H]1O. The third kappa shape index (κ3) is 6.39. The molecule has 15 nitrogen and oxygen atoms in total. The van der Waals surface area contributed by atoms with Gasteiger partial charge < -0.3 is 55.1 Å². The molecule has 2 aliphatic heterocycles. The molecule has 0 saturated carbocycles. The highest BCUT2D eigenvalue weighted by molar-refractivity contribution is 7.47. The Morgan fingerprint density at radius 3 is 2.10 bits per heavy atom. The van der Waals surface area contributed by atoms with Gasteiger partial charge in [0.05, 0.1) is 13.2 Å². The van der Waals surface area contributed by atoms with Crippen molar-refractivity contribution in [3.8, 4) is 0 Å². The van der Waals surface area contributed by atoms with Crippen molar-refractivity contribution >= 4 is 13.7 Å². The van der Waals surface area contributed by atoms with Crippen LogP contribution in [-0.4, -0.2) is 123 Å². The van der Waals surface area contributed by atoms with Gasteiger partial charge in [0.2, 0.25) is 5.91 Å². The number of methoxy groups -OCH3 is 1. The van der Waals surface area contributed by atoms with Crippen LogP contribution in [0.5, 0.6) is 0 Å². The van der Waals surface area contributed by atoms with Gasteiger partial charge in [-0.05, 0) is 0 Å². The minimum atomic E-state index is -5.01. The van der Waals surface area contributed by atoms with E-state index in [9.17, 15) is 44.9 Å². The zero-order chi connectivity index (χ0) is 23.5. The second kappa shape index (κ2) is 10.9. The van der Waals surface area contributed by atoms with Gasteiger partial charge in [-0.25, -0.2) is 4.57 Å². The first-order valence-corrected chi connectivity index (χ1v) is 10.7. The molecule has 8 N–H and O–H groups in total. The third-order valence-corrected chi connectivity index (χ3v) is 5.74. The van der Waals surface area contributed by atoms with Crippen LogP contribution in [0.4, 0.5) is 0 Å². The lowest BCUT2D eigenvalue weighted by molar-refractivity contribution is -0.294. The fourth-order valence-corrected chi connectivity index (χ4v) is 3.98. The lowest BCUT2D eigenvalue weighted by Crippen LogP contribution is -2.64. The third-order valence-electron chi connectivity index (χ3n) is 4.79. The monoisotopic (exact) mass is 477 g/mol. The number of hydrogen-bond acceptors (Lipinski definition) is 13. The maximum Gasteiger partial charge on any atom is 0.474 e. The summed E-state index contributed by atoms with van der Waals surface area (Å²) in [5.41, 5.74) is 0. The van der Waals surface area contributed by atoms with Crippen molar-refractivity contribution in [3.63, 3.8) is 0 Å². The summed E-state index contributed by atoms with van der Waals surface area (Å²) >= 11 is 0. The molecule has 11 atom stereocenters. The molecule has 2 saturated heterocycles. The van der Waals surface area contributed by atoms with Crippen molar-refractivity contribution < 1.29 is 68.2 Å². The van der Waals surface area contributed by atoms with Crippen LogP contribution in [0.25, 0.3) is 0 Å². The van der Waals surface area contributed by atoms with Gasteiger partial charge in [-0.2, -0.15) is 0 Å². The predicted molar refractivity (Wildman–Crippen MR) is 95.9 cm³/mol. The summed E-state index contributed by atoms with van der Waals surface area (Å²) in [6, 6.07) is -1.49. The van der Waals surface area contributed by atoms with Gasteiger partial charge in [0.1, 0.15) is 48.8 Å². The van der Waals surface area contributed by atoms with Gasteiger partial charge in [-0.3, -0.25) is 13.8 Å². The number of carbonyl (C=O) groups is 1. The molecule has 0 aromatic heterocycles. The van der Waals surface area contributed by atoms with Crippen LogP contribution in [0.1, 0.15) is 6.92 Å². The minimum Gasteiger partial charge on any atom is -0.394 e. The standard InChI is InChI=1S/C15H28NO14P/c1-5(18)16-8-11(21)9(19)6(3-17)28-14(8)30-31(24,25)27-4-7-10(20)12(22)13(23)15(26-2)29-7/h6-15,17,19-23H,3-4H2,1-2H3,(H,16,18)(H,24,25)/t6-,7-,8-,9-,10-,11-,12+,13+,14-,15+/m1/s1. The van der Waals surface area contributed by atoms with E-state index in [0.717, 1.165) is 14.0 Å². The minimum absolute atomic E-state index is 0.679. The van der Waals surface area contributed by atoms with E-state index in [0.29, 0.717) is 0 Å². The van der Waals surface area contributed by atoms with Gasteiger partial charge >= 0.3 is 7.82 Å². The Morgan fingerprint density at radius 2 is 1.55 bits per heavy atom. The second-order valence-electron chi connectivity index (χ2n) is 7.05. The largest absolute Gasteiger partial charge is 0.474 e. The zero-order valence-electron chi connectivity index (χ0n) is 16.6. The van der Waals surface area contributed by atoms with Crippen LogP contribution < -0.4 is 5.32 Å². The topological polar surface area (TPSA) is 234 Å². The van der Waals surface area contributed by atoms with Crippen LogP contribution in [-0.2, 0) is 32.6 Å². The zero-order valence-corrected chi connectivity index (χ0v) is 17.5. The molecule has 2 rings (SSSR count). The number of ether oxygens (including phenoxy) is 3. The molecule has 0 bridgehead atoms. The number of carbonyl (C=O) groups excluding carboxylic acids is 1. The average Bonchev–Trinajstić information content (AvgIpc) is 2.70. The van der Waals surface area contributed by atoms with E-state index in [4.69, 9.17) is 23.3 Å². The van der Waals surface area contributed by atoms with Crippen molar-refractivity contribution in [1.29, 1.82) is 0 Å². The van der Waals surface area contributed by atoms with Crippen LogP contribution >= 0.6 is 7.82 Å². The molecule has 0 aliphatic carbocycles. The molecule has 1 amide bonds. The number of phosphoric acid groups is 1. The first-order valence-electron chi connectivity index (χ1n) is 9.19. The van der Waals surface area contributed by atoms with Gasteiger partial charge in [0.15, 0.2) is 12.6 Å². The molecule has 0 aromatic carbocycles. The van der Waals surface area contributed by atoms with Gasteiger partial charge in [0.25, 0.3) is 0 Å². The highest BCUT2D eigenvalue weighted by Crippen LogP contribution is 2.47. The first-order chi connectivity index (χ1) is 14.4. The molecule has 2 aliphatic rings. The molecule has 2 heterocycles. The fraction of sp³-hybridized carbons (Fsp3) is 0.933. The van der Waals surface area contributed by atoms with Crippen molar-refractivity contribution in [1.82, 2.24) is 5.32 Å². The van der Waals surface area contributed by atoms with E-state index in [1.54, 1.807) is 0 Å². The number of hydrogen-bond donors (Lipinski definition) is 8. The maximum atomic E-state index is 12.4. The van der Waals surface area contributed by atoms with E-state index in [2.05, 4.69) is 5.32 Å². The predicted octanol–water partition coefficient (Wildman–Crippen LogP) is -4.48. The summed E-state index contributed by atoms with van der Waals surface area (Å²) < 4.78 is 37.1. The number of aliphatic hydroxyl groups is 6. The van der Waals surface area contributed by atoms with Gasteiger partial charge in [-0.1, -0.05) is 0 Å². The molecule has 0 radical (unpaired) electrons. The lowest BCUT2D eigenvalue weighted by Gasteiger charge is -2.42. The van der Waals surface area contributed by atoms with Crippen LogP contribution in [0, 0.1) is 0 Å². The molecular weight excluding hydrogens is 449 g/mol. The highest BCUT2D eigenvalue weighted by Gasteiger charge is 2.49. The maximum absolute atomic E-state index is 12.4. The normalized spacial score (nSPS) is 43.3. The summed E-state index contributed by atoms with van der Waals surface area (Å²) in [7, 11) is -3.85. The Bertz CT molecular complexity index is 651. The van der Waals surface area contributed by atoms with Gasteiger partial charge in [-0.15, -0.1) is 0 Å². The fourth-order valence-electron chi connectivity index (χ4n) is 3.14. The summed E-state index contributed by atoms with van der Waals surface area (Å²) in [4.78, 5) is 21.4. The molecular formula is C15H28NO14P. The van der Waals surface area contributed by atoms with Crippen LogP contribution in [0.3, 0.4) is 0 Å². The smallest absolute Gasteiger partial charge is 0.394 e. The van der Waals surface area contributed by atoms with E-state index in [-0.39, 0.29) is 0 Å². The lowest BCUT2D eigenvalue weighted by atomic mass is 9.97. The summed E-state index contributed by atoms with van der Waals surface area (Å²) in [6.07, 6.45) is -14.3. The van der Waals surface area contributed by atoms with E-state index >= 15 is 0 Å². The van der Waals surface area contributed by atoms with Crippen molar-refractivity contribution in [2.24, 2.45) is 0 Å². The number of amides is 1. The molecule has 2 fully saturated rings. The Morgan fingerprint density at radius 1 is 0.968 bits per heavy atom. The summed E-state index contributed by atoms with van der Waals surface area (Å²) in [5, 5.41) is 61.1. The van der Waals surface area contributed by atoms with E-state index in [1.165, 1.54) is 0 Å². The van der Waals surface area contributed by atoms with Crippen LogP contribution in [0.2, 0.25) is 0 Å². The first kappa shape index (κ1) is 26.5. The van der Waals surface area contributed by atoms with Crippen molar-refractivity contribution in [2.75, 3.05) is 20.3 Å². The Balaban J connectivity index is 2.06. The quantitative estimate of drug-likeness (QED) is 0.154. The van der Waals surface area contributed by atoms with Crippen molar-refractivity contribution in [2.45, 2.75) is 68.3 Å². The Kier molecular flexibility index (Phi) is 9.30. The van der Waals surface area contributed by atoms with Crippen LogP contribution in [0.15, 0.2) is 0 Å². The molecule has 182 valence electrons. The highest BCUT2D eigenvalue weighted by atomic mass is 31.2. The Labute approximate surface area is 176 Å². The van der Waals surface area contributed by atoms with Crippen molar-refractivity contribution in [3.05, 3.63) is 0 Å².